The molecule has 1 rings (SSSR count). The Labute approximate surface area is 502 Å². The molecule has 0 spiro atoms. The average molecular weight is 1150 g/mol. The Bertz CT molecular complexity index is 1660. The normalized spacial score (nSPS) is 19.1. The van der Waals surface area contributed by atoms with Crippen LogP contribution in [0.5, 0.6) is 0 Å². The van der Waals surface area contributed by atoms with E-state index in [1.54, 1.807) is 6.08 Å². The number of rotatable bonds is 57. The highest BCUT2D eigenvalue weighted by Gasteiger charge is 2.47. The monoisotopic (exact) mass is 1150 g/mol. The van der Waals surface area contributed by atoms with Crippen molar-refractivity contribution in [1.29, 1.82) is 0 Å². The van der Waals surface area contributed by atoms with E-state index in [1.165, 1.54) is 135 Å². The molecule has 1 aliphatic heterocycles. The van der Waals surface area contributed by atoms with E-state index in [9.17, 15) is 35.1 Å². The van der Waals surface area contributed by atoms with E-state index in [2.05, 4.69) is 99.0 Å². The molecule has 0 bridgehead atoms. The fraction of sp³-hybridized carbons (Fsp3) is 0.775. The van der Waals surface area contributed by atoms with Crippen LogP contribution in [-0.2, 0) is 23.8 Å². The number of aliphatic hydroxyl groups is 5. The SMILES string of the molecule is CC/C=C\C/C=C\C/C=C\C/C=C\C/C=C\C/C=C\CCCCCCCCCCC(=O)OC1C(OCC(NC(=O)C(O)CCCCCCCCCCCCCCC)C(O)/C=C/CCCCCCCCCCCCC)OC(CO)C(O)C1O. The molecule has 1 fully saturated rings. The molecule has 1 heterocycles. The van der Waals surface area contributed by atoms with Crippen LogP contribution in [0.1, 0.15) is 290 Å². The molecule has 0 saturated carbocycles. The molecule has 82 heavy (non-hydrogen) atoms. The van der Waals surface area contributed by atoms with E-state index < -0.39 is 67.4 Å². The molecule has 0 aromatic rings. The number of hydrogen-bond acceptors (Lipinski definition) is 10. The van der Waals surface area contributed by atoms with Gasteiger partial charge in [0.1, 0.15) is 24.4 Å². The third kappa shape index (κ3) is 45.2. The first-order valence-electron chi connectivity index (χ1n) is 33.9. The van der Waals surface area contributed by atoms with Crippen LogP contribution in [0.15, 0.2) is 85.1 Å². The van der Waals surface area contributed by atoms with Gasteiger partial charge in [0.2, 0.25) is 5.91 Å². The quantitative estimate of drug-likeness (QED) is 0.0195. The van der Waals surface area contributed by atoms with Crippen LogP contribution in [0.2, 0.25) is 0 Å². The Kier molecular flexibility index (Phi) is 54.6. The number of allylic oxidation sites excluding steroid dienone is 13. The van der Waals surface area contributed by atoms with E-state index >= 15 is 0 Å². The van der Waals surface area contributed by atoms with Gasteiger partial charge >= 0.3 is 5.97 Å². The summed E-state index contributed by atoms with van der Waals surface area (Å²) in [6.07, 6.45) is 66.2. The van der Waals surface area contributed by atoms with Gasteiger partial charge in [-0.2, -0.15) is 0 Å². The fourth-order valence-corrected chi connectivity index (χ4v) is 10.2. The topological polar surface area (TPSA) is 175 Å². The number of hydrogen-bond donors (Lipinski definition) is 6. The molecule has 474 valence electrons. The van der Waals surface area contributed by atoms with Gasteiger partial charge < -0.3 is 45.1 Å². The lowest BCUT2D eigenvalue weighted by Crippen LogP contribution is -2.61. The lowest BCUT2D eigenvalue weighted by molar-refractivity contribution is -0.305. The molecular formula is C71H125NO10. The fourth-order valence-electron chi connectivity index (χ4n) is 10.2. The van der Waals surface area contributed by atoms with Crippen LogP contribution in [-0.4, -0.2) is 99.6 Å². The first-order chi connectivity index (χ1) is 40.2. The van der Waals surface area contributed by atoms with Gasteiger partial charge in [0.05, 0.1) is 25.4 Å². The molecule has 8 atom stereocenters. The summed E-state index contributed by atoms with van der Waals surface area (Å²) in [6, 6.07) is -1.03. The van der Waals surface area contributed by atoms with Crippen LogP contribution in [0.25, 0.3) is 0 Å². The van der Waals surface area contributed by atoms with Crippen molar-refractivity contribution in [2.24, 2.45) is 0 Å². The summed E-state index contributed by atoms with van der Waals surface area (Å²) in [7, 11) is 0. The van der Waals surface area contributed by atoms with Gasteiger partial charge in [-0.25, -0.2) is 0 Å². The van der Waals surface area contributed by atoms with Crippen molar-refractivity contribution >= 4 is 11.9 Å². The number of aliphatic hydroxyl groups excluding tert-OH is 5. The highest BCUT2D eigenvalue weighted by molar-refractivity contribution is 5.80. The Morgan fingerprint density at radius 3 is 1.32 bits per heavy atom. The summed E-state index contributed by atoms with van der Waals surface area (Å²) in [5.74, 6) is -1.20. The predicted octanol–water partition coefficient (Wildman–Crippen LogP) is 16.9. The molecule has 8 unspecified atom stereocenters. The predicted molar refractivity (Wildman–Crippen MR) is 342 cm³/mol. The van der Waals surface area contributed by atoms with Crippen molar-refractivity contribution in [2.45, 2.75) is 339 Å². The number of nitrogens with one attached hydrogen (secondary N) is 1. The highest BCUT2D eigenvalue weighted by atomic mass is 16.7. The Hall–Kier alpha value is -3.16. The Morgan fingerprint density at radius 2 is 0.878 bits per heavy atom. The minimum atomic E-state index is -1.62. The zero-order chi connectivity index (χ0) is 59.6. The standard InChI is InChI=1S/C71H125NO10/c1-4-7-10-13-16-19-22-25-26-27-28-29-30-31-32-33-34-35-36-37-38-41-44-47-50-53-56-59-66(76)82-69-68(78)67(77)65(60-73)81-71(69)80-61-62(63(74)57-54-51-48-45-42-39-23-20-17-14-11-8-5-2)72-70(79)64(75)58-55-52-49-46-43-40-24-21-18-15-12-9-6-3/h7,10,16,19,25-26,28-29,31-32,34-35,54,57,62-65,67-69,71,73-75,77-78H,4-6,8-9,11-15,17-18,20-24,27,30,33,36-53,55-56,58-61H2,1-3H3,(H,72,79)/b10-7-,19-16-,26-25-,29-28-,32-31-,35-34-,57-54+. The van der Waals surface area contributed by atoms with Gasteiger partial charge in [-0.3, -0.25) is 9.59 Å². The Morgan fingerprint density at radius 1 is 0.488 bits per heavy atom. The van der Waals surface area contributed by atoms with Crippen molar-refractivity contribution < 1.29 is 49.3 Å². The first-order valence-corrected chi connectivity index (χ1v) is 33.9. The maximum atomic E-state index is 13.4. The lowest BCUT2D eigenvalue weighted by atomic mass is 9.99. The summed E-state index contributed by atoms with van der Waals surface area (Å²) < 4.78 is 17.7. The summed E-state index contributed by atoms with van der Waals surface area (Å²) in [5.41, 5.74) is 0. The van der Waals surface area contributed by atoms with E-state index in [0.29, 0.717) is 19.3 Å². The molecule has 1 aliphatic rings. The Balaban J connectivity index is 2.59. The molecule has 0 aliphatic carbocycles. The summed E-state index contributed by atoms with van der Waals surface area (Å²) in [4.78, 5) is 26.6. The number of carbonyl (C=O) groups excluding carboxylic acids is 2. The minimum absolute atomic E-state index is 0.111. The van der Waals surface area contributed by atoms with Crippen molar-refractivity contribution in [2.75, 3.05) is 13.2 Å². The third-order valence-electron chi connectivity index (χ3n) is 15.6. The summed E-state index contributed by atoms with van der Waals surface area (Å²) >= 11 is 0. The molecule has 1 amide bonds. The highest BCUT2D eigenvalue weighted by Crippen LogP contribution is 2.26. The second-order valence-electron chi connectivity index (χ2n) is 23.2. The second-order valence-corrected chi connectivity index (χ2v) is 23.2. The molecule has 0 aromatic carbocycles. The smallest absolute Gasteiger partial charge is 0.306 e. The molecule has 11 heteroatoms. The lowest BCUT2D eigenvalue weighted by Gasteiger charge is -2.41. The molecule has 1 saturated heterocycles. The average Bonchev–Trinajstić information content (AvgIpc) is 3.57. The van der Waals surface area contributed by atoms with Gasteiger partial charge in [0.15, 0.2) is 12.4 Å². The van der Waals surface area contributed by atoms with Crippen molar-refractivity contribution in [3.8, 4) is 0 Å². The van der Waals surface area contributed by atoms with Gasteiger partial charge in [-0.1, -0.05) is 292 Å². The second kappa shape index (κ2) is 58.2. The molecular weight excluding hydrogens is 1030 g/mol. The minimum Gasteiger partial charge on any atom is -0.454 e. The first kappa shape index (κ1) is 76.9. The molecule has 11 nitrogen and oxygen atoms in total. The zero-order valence-corrected chi connectivity index (χ0v) is 52.6. The molecule has 0 radical (unpaired) electrons. The van der Waals surface area contributed by atoms with Crippen LogP contribution in [0.4, 0.5) is 0 Å². The van der Waals surface area contributed by atoms with E-state index in [0.717, 1.165) is 109 Å². The van der Waals surface area contributed by atoms with Crippen LogP contribution >= 0.6 is 0 Å². The van der Waals surface area contributed by atoms with Crippen molar-refractivity contribution in [3.05, 3.63) is 85.1 Å². The third-order valence-corrected chi connectivity index (χ3v) is 15.6. The van der Waals surface area contributed by atoms with Gasteiger partial charge in [-0.15, -0.1) is 0 Å². The zero-order valence-electron chi connectivity index (χ0n) is 52.6. The number of esters is 1. The van der Waals surface area contributed by atoms with Crippen LogP contribution < -0.4 is 5.32 Å². The van der Waals surface area contributed by atoms with E-state index in [-0.39, 0.29) is 13.0 Å². The van der Waals surface area contributed by atoms with Crippen LogP contribution in [0.3, 0.4) is 0 Å². The van der Waals surface area contributed by atoms with E-state index in [1.807, 2.05) is 6.08 Å². The number of ether oxygens (including phenoxy) is 3. The number of carbonyl (C=O) groups is 2. The molecule has 0 aromatic heterocycles. The number of unbranched alkanes of at least 4 members (excludes halogenated alkanes) is 31. The maximum Gasteiger partial charge on any atom is 0.306 e. The molecule has 6 N–H and O–H groups in total. The van der Waals surface area contributed by atoms with Crippen LogP contribution in [0, 0.1) is 0 Å². The van der Waals surface area contributed by atoms with Crippen molar-refractivity contribution in [3.63, 3.8) is 0 Å². The summed E-state index contributed by atoms with van der Waals surface area (Å²) in [5, 5.41) is 57.1. The van der Waals surface area contributed by atoms with Gasteiger partial charge in [0.25, 0.3) is 0 Å². The van der Waals surface area contributed by atoms with Gasteiger partial charge in [0, 0.05) is 6.42 Å². The maximum absolute atomic E-state index is 13.4. The van der Waals surface area contributed by atoms with E-state index in [4.69, 9.17) is 14.2 Å². The van der Waals surface area contributed by atoms with Gasteiger partial charge in [-0.05, 0) is 77.0 Å². The number of amides is 1. The summed E-state index contributed by atoms with van der Waals surface area (Å²) in [6.45, 7) is 5.69. The largest absolute Gasteiger partial charge is 0.454 e. The van der Waals surface area contributed by atoms with Crippen molar-refractivity contribution in [1.82, 2.24) is 5.32 Å².